The van der Waals surface area contributed by atoms with Crippen LogP contribution in [0.3, 0.4) is 0 Å². The van der Waals surface area contributed by atoms with E-state index in [-0.39, 0.29) is 34.7 Å². The first-order valence-corrected chi connectivity index (χ1v) is 11.5. The number of hydrogen-bond donors (Lipinski definition) is 2. The van der Waals surface area contributed by atoms with Crippen molar-refractivity contribution < 1.29 is 28.7 Å². The van der Waals surface area contributed by atoms with Crippen LogP contribution in [0.25, 0.3) is 0 Å². The van der Waals surface area contributed by atoms with Gasteiger partial charge in [-0.15, -0.1) is 0 Å². The SMILES string of the molecule is COc1ccc(F)cc1C(O)Cn1cc(/C(C)=N/OC(C)C)c(=O)n(N(C)C(=O)C(=O)NC(C)C)c1=O. The van der Waals surface area contributed by atoms with E-state index in [4.69, 9.17) is 9.57 Å². The number of aliphatic hydroxyl groups is 1. The lowest BCUT2D eigenvalue weighted by molar-refractivity contribution is -0.138. The van der Waals surface area contributed by atoms with Gasteiger partial charge in [0.25, 0.3) is 5.56 Å². The van der Waals surface area contributed by atoms with Gasteiger partial charge in [-0.05, 0) is 52.8 Å². The number of nitrogens with zero attached hydrogens (tertiary/aromatic N) is 4. The van der Waals surface area contributed by atoms with Crippen LogP contribution in [0.5, 0.6) is 5.75 Å². The maximum atomic E-state index is 13.9. The molecule has 1 aromatic heterocycles. The van der Waals surface area contributed by atoms with Crippen molar-refractivity contribution in [2.24, 2.45) is 5.16 Å². The van der Waals surface area contributed by atoms with Gasteiger partial charge in [0.15, 0.2) is 0 Å². The van der Waals surface area contributed by atoms with E-state index in [0.29, 0.717) is 9.69 Å². The first kappa shape index (κ1) is 29.2. The van der Waals surface area contributed by atoms with E-state index in [1.807, 2.05) is 0 Å². The molecule has 12 nitrogen and oxygen atoms in total. The van der Waals surface area contributed by atoms with Crippen molar-refractivity contribution in [3.63, 3.8) is 0 Å². The Kier molecular flexibility index (Phi) is 9.72. The summed E-state index contributed by atoms with van der Waals surface area (Å²) in [5.74, 6) is -2.66. The zero-order valence-electron chi connectivity index (χ0n) is 21.8. The quantitative estimate of drug-likeness (QED) is 0.280. The lowest BCUT2D eigenvalue weighted by Crippen LogP contribution is -2.58. The average molecular weight is 522 g/mol. The number of hydrogen-bond acceptors (Lipinski definition) is 8. The third kappa shape index (κ3) is 7.03. The van der Waals surface area contributed by atoms with Crippen LogP contribution in [0.2, 0.25) is 0 Å². The smallest absolute Gasteiger partial charge is 0.350 e. The number of carbonyl (C=O) groups excluding carboxylic acids is 2. The summed E-state index contributed by atoms with van der Waals surface area (Å²) in [5.41, 5.74) is -1.98. The first-order valence-electron chi connectivity index (χ1n) is 11.5. The van der Waals surface area contributed by atoms with E-state index < -0.39 is 41.5 Å². The lowest BCUT2D eigenvalue weighted by atomic mass is 10.1. The third-order valence-electron chi connectivity index (χ3n) is 5.05. The monoisotopic (exact) mass is 521 g/mol. The molecule has 0 saturated carbocycles. The fourth-order valence-corrected chi connectivity index (χ4v) is 3.28. The second-order valence-corrected chi connectivity index (χ2v) is 8.78. The number of benzene rings is 1. The molecule has 1 aromatic carbocycles. The van der Waals surface area contributed by atoms with E-state index in [2.05, 4.69) is 10.5 Å². The number of rotatable bonds is 9. The zero-order valence-corrected chi connectivity index (χ0v) is 21.8. The molecule has 2 amide bonds. The maximum Gasteiger partial charge on any atom is 0.350 e. The molecule has 37 heavy (non-hydrogen) atoms. The second-order valence-electron chi connectivity index (χ2n) is 8.78. The van der Waals surface area contributed by atoms with Gasteiger partial charge in [-0.2, -0.15) is 4.68 Å². The molecule has 2 rings (SSSR count). The van der Waals surface area contributed by atoms with Crippen molar-refractivity contribution in [3.8, 4) is 5.75 Å². The number of aromatic nitrogens is 2. The van der Waals surface area contributed by atoms with Gasteiger partial charge in [0, 0.05) is 24.8 Å². The summed E-state index contributed by atoms with van der Waals surface area (Å²) in [6.45, 7) is 7.72. The Hall–Kier alpha value is -4.00. The highest BCUT2D eigenvalue weighted by molar-refractivity contribution is 6.38. The van der Waals surface area contributed by atoms with Gasteiger partial charge in [0.2, 0.25) is 0 Å². The van der Waals surface area contributed by atoms with E-state index in [9.17, 15) is 28.7 Å². The number of carbonyl (C=O) groups is 2. The Bertz CT molecular complexity index is 1300. The van der Waals surface area contributed by atoms with Gasteiger partial charge in [-0.25, -0.2) is 14.2 Å². The molecule has 0 aliphatic carbocycles. The molecule has 0 saturated heterocycles. The number of nitrogens with one attached hydrogen (secondary N) is 1. The molecule has 0 fully saturated rings. The van der Waals surface area contributed by atoms with Crippen LogP contribution < -0.4 is 26.3 Å². The van der Waals surface area contributed by atoms with Gasteiger partial charge in [-0.3, -0.25) is 19.0 Å². The van der Waals surface area contributed by atoms with Gasteiger partial charge < -0.3 is 20.0 Å². The van der Waals surface area contributed by atoms with Crippen LogP contribution in [0.4, 0.5) is 4.39 Å². The maximum absolute atomic E-state index is 13.9. The van der Waals surface area contributed by atoms with E-state index >= 15 is 0 Å². The molecule has 1 heterocycles. The first-order chi connectivity index (χ1) is 17.3. The summed E-state index contributed by atoms with van der Waals surface area (Å²) in [4.78, 5) is 56.8. The minimum atomic E-state index is -1.45. The minimum Gasteiger partial charge on any atom is -0.496 e. The molecule has 1 atom stereocenters. The summed E-state index contributed by atoms with van der Waals surface area (Å²) in [7, 11) is 2.42. The molecule has 0 aliphatic heterocycles. The number of oxime groups is 1. The molecule has 0 spiro atoms. The van der Waals surface area contributed by atoms with E-state index in [0.717, 1.165) is 29.9 Å². The molecular formula is C24H32FN5O7. The summed E-state index contributed by atoms with van der Waals surface area (Å²) < 4.78 is 20.4. The lowest BCUT2D eigenvalue weighted by Gasteiger charge is -2.22. The van der Waals surface area contributed by atoms with Crippen LogP contribution in [-0.4, -0.2) is 58.2 Å². The molecule has 0 aliphatic rings. The van der Waals surface area contributed by atoms with Crippen LogP contribution >= 0.6 is 0 Å². The molecule has 2 aromatic rings. The topological polar surface area (TPSA) is 144 Å². The fourth-order valence-electron chi connectivity index (χ4n) is 3.28. The highest BCUT2D eigenvalue weighted by Gasteiger charge is 2.26. The van der Waals surface area contributed by atoms with Crippen molar-refractivity contribution in [2.75, 3.05) is 19.2 Å². The highest BCUT2D eigenvalue weighted by Crippen LogP contribution is 2.26. The third-order valence-corrected chi connectivity index (χ3v) is 5.05. The molecule has 0 radical (unpaired) electrons. The predicted molar refractivity (Wildman–Crippen MR) is 134 cm³/mol. The number of ether oxygens (including phenoxy) is 1. The average Bonchev–Trinajstić information content (AvgIpc) is 2.83. The Balaban J connectivity index is 2.68. The predicted octanol–water partition coefficient (Wildman–Crippen LogP) is 0.659. The number of aliphatic hydroxyl groups excluding tert-OH is 1. The largest absolute Gasteiger partial charge is 0.496 e. The molecule has 2 N–H and O–H groups in total. The summed E-state index contributed by atoms with van der Waals surface area (Å²) in [5, 5.41) is 17.7. The number of halogens is 1. The van der Waals surface area contributed by atoms with Crippen molar-refractivity contribution in [1.29, 1.82) is 0 Å². The normalized spacial score (nSPS) is 12.5. The molecule has 13 heteroatoms. The zero-order chi connectivity index (χ0) is 28.0. The summed E-state index contributed by atoms with van der Waals surface area (Å²) in [6, 6.07) is 3.16. The van der Waals surface area contributed by atoms with Crippen LogP contribution in [0.1, 0.15) is 51.8 Å². The van der Waals surface area contributed by atoms with E-state index in [1.165, 1.54) is 20.1 Å². The summed E-state index contributed by atoms with van der Waals surface area (Å²) in [6.07, 6.45) is -0.614. The number of methoxy groups -OCH3 is 1. The number of likely N-dealkylation sites (N-methyl/N-ethyl adjacent to an activating group) is 1. The number of amides is 2. The van der Waals surface area contributed by atoms with Crippen LogP contribution in [-0.2, 0) is 21.0 Å². The molecule has 0 bridgehead atoms. The Labute approximate surface area is 212 Å². The van der Waals surface area contributed by atoms with Gasteiger partial charge in [0.05, 0.1) is 24.9 Å². The van der Waals surface area contributed by atoms with Crippen molar-refractivity contribution in [3.05, 3.63) is 62.2 Å². The van der Waals surface area contributed by atoms with Crippen molar-refractivity contribution >= 4 is 17.5 Å². The van der Waals surface area contributed by atoms with Gasteiger partial charge in [0.1, 0.15) is 23.8 Å². The van der Waals surface area contributed by atoms with Crippen LogP contribution in [0, 0.1) is 5.82 Å². The Morgan fingerprint density at radius 3 is 2.43 bits per heavy atom. The van der Waals surface area contributed by atoms with E-state index in [1.54, 1.807) is 27.7 Å². The minimum absolute atomic E-state index is 0.0583. The standard InChI is InChI=1S/C24H32FN5O7/c1-13(2)26-21(32)23(34)28(6)30-22(33)18(15(5)27-37-14(3)4)11-29(24(30)35)12-19(31)17-10-16(25)8-9-20(17)36-7/h8-11,13-14,19,31H,12H2,1-7H3,(H,26,32)/b27-15+. The second kappa shape index (κ2) is 12.3. The molecule has 202 valence electrons. The van der Waals surface area contributed by atoms with Crippen LogP contribution in [0.15, 0.2) is 39.1 Å². The Morgan fingerprint density at radius 2 is 1.86 bits per heavy atom. The fraction of sp³-hybridized carbons (Fsp3) is 0.458. The molecule has 1 unspecified atom stereocenters. The summed E-state index contributed by atoms with van der Waals surface area (Å²) >= 11 is 0. The van der Waals surface area contributed by atoms with Gasteiger partial charge in [-0.1, -0.05) is 5.16 Å². The van der Waals surface area contributed by atoms with Crippen molar-refractivity contribution in [1.82, 2.24) is 14.6 Å². The Morgan fingerprint density at radius 1 is 1.22 bits per heavy atom. The highest BCUT2D eigenvalue weighted by atomic mass is 19.1. The molecular weight excluding hydrogens is 489 g/mol. The van der Waals surface area contributed by atoms with Crippen molar-refractivity contribution in [2.45, 2.75) is 59.4 Å². The van der Waals surface area contributed by atoms with Gasteiger partial charge >= 0.3 is 17.5 Å².